The zero-order valence-electron chi connectivity index (χ0n) is 10.4. The van der Waals surface area contributed by atoms with Crippen LogP contribution in [-0.2, 0) is 0 Å². The van der Waals surface area contributed by atoms with Gasteiger partial charge in [-0.05, 0) is 48.5 Å². The van der Waals surface area contributed by atoms with Crippen molar-refractivity contribution >= 4 is 0 Å². The van der Waals surface area contributed by atoms with Gasteiger partial charge in [0.05, 0.1) is 5.60 Å². The Hall–Kier alpha value is -0.560. The molecule has 3 aliphatic carbocycles. The van der Waals surface area contributed by atoms with Crippen LogP contribution in [0.5, 0.6) is 0 Å². The molecule has 4 unspecified atom stereocenters. The van der Waals surface area contributed by atoms with E-state index in [9.17, 15) is 5.11 Å². The topological polar surface area (TPSA) is 20.2 Å². The second kappa shape index (κ2) is 2.81. The summed E-state index contributed by atoms with van der Waals surface area (Å²) in [6.45, 7) is 13.0. The first-order chi connectivity index (χ1) is 7.39. The van der Waals surface area contributed by atoms with Crippen LogP contribution in [-0.4, -0.2) is 10.7 Å². The fourth-order valence-electron chi connectivity index (χ4n) is 4.49. The molecule has 0 aromatic rings. The largest absolute Gasteiger partial charge is 0.385 e. The maximum atomic E-state index is 10.9. The van der Waals surface area contributed by atoms with E-state index in [4.69, 9.17) is 0 Å². The Morgan fingerprint density at radius 1 is 1.25 bits per heavy atom. The SMILES string of the molecule is C=C1CCC2(O)C(=C)CCC3C(C12)C3(C)C. The van der Waals surface area contributed by atoms with Crippen LogP contribution in [0, 0.1) is 23.2 Å². The second-order valence-electron chi connectivity index (χ2n) is 6.66. The maximum Gasteiger partial charge on any atom is 0.0925 e. The van der Waals surface area contributed by atoms with Crippen molar-refractivity contribution in [3.8, 4) is 0 Å². The lowest BCUT2D eigenvalue weighted by atomic mass is 9.78. The van der Waals surface area contributed by atoms with Gasteiger partial charge in [-0.1, -0.05) is 32.6 Å². The van der Waals surface area contributed by atoms with Crippen molar-refractivity contribution in [2.75, 3.05) is 0 Å². The van der Waals surface area contributed by atoms with Crippen LogP contribution in [0.2, 0.25) is 0 Å². The molecule has 1 nitrogen and oxygen atoms in total. The Kier molecular flexibility index (Phi) is 1.86. The Morgan fingerprint density at radius 2 is 1.94 bits per heavy atom. The normalized spacial score (nSPS) is 49.6. The monoisotopic (exact) mass is 218 g/mol. The molecule has 1 N–H and O–H groups in total. The molecule has 88 valence electrons. The van der Waals surface area contributed by atoms with E-state index in [-0.39, 0.29) is 0 Å². The van der Waals surface area contributed by atoms with E-state index < -0.39 is 5.60 Å². The third-order valence-electron chi connectivity index (χ3n) is 5.65. The lowest BCUT2D eigenvalue weighted by Crippen LogP contribution is -2.37. The summed E-state index contributed by atoms with van der Waals surface area (Å²) in [6, 6.07) is 0. The standard InChI is InChI=1S/C15H22O/c1-9-7-8-15(16)10(2)5-6-11-13(12(9)15)14(11,3)4/h11-13,16H,1-2,5-8H2,3-4H3. The van der Waals surface area contributed by atoms with Crippen molar-refractivity contribution in [2.45, 2.75) is 45.1 Å². The molecule has 3 rings (SSSR count). The van der Waals surface area contributed by atoms with Crippen LogP contribution >= 0.6 is 0 Å². The number of hydrogen-bond donors (Lipinski definition) is 1. The molecule has 0 radical (unpaired) electrons. The molecule has 4 atom stereocenters. The number of hydrogen-bond acceptors (Lipinski definition) is 1. The Labute approximate surface area is 98.2 Å². The lowest BCUT2D eigenvalue weighted by molar-refractivity contribution is 0.0334. The van der Waals surface area contributed by atoms with Crippen molar-refractivity contribution in [1.82, 2.24) is 0 Å². The molecule has 0 heterocycles. The average molecular weight is 218 g/mol. The van der Waals surface area contributed by atoms with Gasteiger partial charge in [-0.25, -0.2) is 0 Å². The van der Waals surface area contributed by atoms with Crippen LogP contribution < -0.4 is 0 Å². The summed E-state index contributed by atoms with van der Waals surface area (Å²) in [5.74, 6) is 1.72. The summed E-state index contributed by atoms with van der Waals surface area (Å²) in [4.78, 5) is 0. The molecular weight excluding hydrogens is 196 g/mol. The van der Waals surface area contributed by atoms with Crippen LogP contribution in [0.4, 0.5) is 0 Å². The van der Waals surface area contributed by atoms with Gasteiger partial charge in [-0.3, -0.25) is 0 Å². The molecule has 0 aliphatic heterocycles. The summed E-state index contributed by atoms with van der Waals surface area (Å²) in [5.41, 5.74) is 2.13. The lowest BCUT2D eigenvalue weighted by Gasteiger charge is -2.33. The van der Waals surface area contributed by atoms with Gasteiger partial charge in [0.25, 0.3) is 0 Å². The van der Waals surface area contributed by atoms with Gasteiger partial charge in [0.15, 0.2) is 0 Å². The van der Waals surface area contributed by atoms with E-state index in [0.29, 0.717) is 17.3 Å². The highest BCUT2D eigenvalue weighted by atomic mass is 16.3. The first-order valence-corrected chi connectivity index (χ1v) is 6.47. The molecule has 1 heteroatoms. The second-order valence-corrected chi connectivity index (χ2v) is 6.66. The van der Waals surface area contributed by atoms with E-state index in [1.54, 1.807) is 0 Å². The summed E-state index contributed by atoms with van der Waals surface area (Å²) >= 11 is 0. The van der Waals surface area contributed by atoms with Crippen molar-refractivity contribution in [1.29, 1.82) is 0 Å². The van der Waals surface area contributed by atoms with Gasteiger partial charge in [-0.15, -0.1) is 0 Å². The molecule has 0 saturated heterocycles. The minimum absolute atomic E-state index is 0.294. The molecule has 3 aliphatic rings. The highest BCUT2D eigenvalue weighted by Crippen LogP contribution is 2.71. The first kappa shape index (κ1) is 10.6. The molecule has 0 aromatic heterocycles. The predicted octanol–water partition coefficient (Wildman–Crippen LogP) is 3.31. The van der Waals surface area contributed by atoms with Crippen LogP contribution in [0.25, 0.3) is 0 Å². The van der Waals surface area contributed by atoms with E-state index in [2.05, 4.69) is 27.0 Å². The first-order valence-electron chi connectivity index (χ1n) is 6.47. The number of aliphatic hydroxyl groups is 1. The number of fused-ring (bicyclic) bond motifs is 3. The van der Waals surface area contributed by atoms with Gasteiger partial charge in [0, 0.05) is 5.92 Å². The van der Waals surface area contributed by atoms with Crippen molar-refractivity contribution < 1.29 is 5.11 Å². The average Bonchev–Trinajstić information content (AvgIpc) is 2.64. The van der Waals surface area contributed by atoms with E-state index >= 15 is 0 Å². The summed E-state index contributed by atoms with van der Waals surface area (Å²) in [7, 11) is 0. The van der Waals surface area contributed by atoms with Crippen molar-refractivity contribution in [3.05, 3.63) is 24.3 Å². The molecule has 3 fully saturated rings. The van der Waals surface area contributed by atoms with E-state index in [0.717, 1.165) is 30.8 Å². The summed E-state index contributed by atoms with van der Waals surface area (Å²) < 4.78 is 0. The van der Waals surface area contributed by atoms with E-state index in [1.165, 1.54) is 12.0 Å². The zero-order chi connectivity index (χ0) is 11.7. The van der Waals surface area contributed by atoms with Gasteiger partial charge < -0.3 is 5.11 Å². The van der Waals surface area contributed by atoms with Gasteiger partial charge in [0.1, 0.15) is 0 Å². The third kappa shape index (κ3) is 1.05. The number of rotatable bonds is 0. The van der Waals surface area contributed by atoms with Crippen LogP contribution in [0.3, 0.4) is 0 Å². The summed E-state index contributed by atoms with van der Waals surface area (Å²) in [5, 5.41) is 10.9. The molecule has 0 amide bonds. The minimum atomic E-state index is -0.621. The molecular formula is C15H22O. The Balaban J connectivity index is 2.04. The predicted molar refractivity (Wildman–Crippen MR) is 65.9 cm³/mol. The zero-order valence-corrected chi connectivity index (χ0v) is 10.4. The van der Waals surface area contributed by atoms with Gasteiger partial charge >= 0.3 is 0 Å². The fraction of sp³-hybridized carbons (Fsp3) is 0.733. The summed E-state index contributed by atoms with van der Waals surface area (Å²) in [6.07, 6.45) is 4.06. The van der Waals surface area contributed by atoms with Crippen molar-refractivity contribution in [3.63, 3.8) is 0 Å². The third-order valence-corrected chi connectivity index (χ3v) is 5.65. The molecule has 0 bridgehead atoms. The van der Waals surface area contributed by atoms with Gasteiger partial charge in [-0.2, -0.15) is 0 Å². The van der Waals surface area contributed by atoms with Gasteiger partial charge in [0.2, 0.25) is 0 Å². The highest BCUT2D eigenvalue weighted by molar-refractivity contribution is 5.34. The smallest absolute Gasteiger partial charge is 0.0925 e. The fourth-order valence-corrected chi connectivity index (χ4v) is 4.49. The maximum absolute atomic E-state index is 10.9. The molecule has 0 spiro atoms. The van der Waals surface area contributed by atoms with Crippen LogP contribution in [0.1, 0.15) is 39.5 Å². The highest BCUT2D eigenvalue weighted by Gasteiger charge is 2.67. The van der Waals surface area contributed by atoms with Crippen LogP contribution in [0.15, 0.2) is 24.3 Å². The Morgan fingerprint density at radius 3 is 2.62 bits per heavy atom. The molecule has 0 aromatic carbocycles. The molecule has 3 saturated carbocycles. The minimum Gasteiger partial charge on any atom is -0.385 e. The Bertz CT molecular complexity index is 379. The quantitative estimate of drug-likeness (QED) is 0.618. The van der Waals surface area contributed by atoms with E-state index in [1.807, 2.05) is 0 Å². The molecule has 16 heavy (non-hydrogen) atoms. The van der Waals surface area contributed by atoms with Crippen molar-refractivity contribution in [2.24, 2.45) is 23.2 Å².